The van der Waals surface area contributed by atoms with Crippen LogP contribution in [0.15, 0.2) is 41.3 Å². The number of aromatic amines is 1. The third-order valence-electron chi connectivity index (χ3n) is 2.81. The van der Waals surface area contributed by atoms with E-state index < -0.39 is 16.4 Å². The van der Waals surface area contributed by atoms with E-state index >= 15 is 0 Å². The lowest BCUT2D eigenvalue weighted by Gasteiger charge is -2.03. The molecule has 0 radical (unpaired) electrons. The van der Waals surface area contributed by atoms with Crippen molar-refractivity contribution < 1.29 is 9.31 Å². The van der Waals surface area contributed by atoms with Crippen LogP contribution in [0.5, 0.6) is 0 Å². The number of rotatable bonds is 2. The van der Waals surface area contributed by atoms with Gasteiger partial charge in [0.1, 0.15) is 12.0 Å². The van der Waals surface area contributed by atoms with E-state index in [1.165, 1.54) is 24.3 Å². The summed E-state index contributed by atoms with van der Waals surface area (Å²) in [5.41, 5.74) is -0.527. The highest BCUT2D eigenvalue weighted by molar-refractivity contribution is 5.75. The van der Waals surface area contributed by atoms with E-state index in [2.05, 4.69) is 9.97 Å². The van der Waals surface area contributed by atoms with Crippen LogP contribution < -0.4 is 5.69 Å². The number of fused-ring (bicyclic) bond motifs is 1. The van der Waals surface area contributed by atoms with Crippen LogP contribution in [0.2, 0.25) is 0 Å². The average molecular weight is 274 g/mol. The lowest BCUT2D eigenvalue weighted by molar-refractivity contribution is -0.385. The topological polar surface area (TPSA) is 93.8 Å². The molecular weight excluding hydrogens is 267 g/mol. The Bertz CT molecular complexity index is 884. The highest BCUT2D eigenvalue weighted by Gasteiger charge is 2.16. The minimum absolute atomic E-state index is 0.0325. The number of para-hydroxylation sites is 1. The summed E-state index contributed by atoms with van der Waals surface area (Å²) in [5.74, 6) is -0.587. The van der Waals surface area contributed by atoms with Crippen molar-refractivity contribution in [3.05, 3.63) is 62.9 Å². The normalized spacial score (nSPS) is 10.8. The molecule has 0 aliphatic rings. The number of hydrogen-bond donors (Lipinski definition) is 1. The monoisotopic (exact) mass is 274 g/mol. The predicted octanol–water partition coefficient (Wildman–Crippen LogP) is 1.76. The molecule has 0 aliphatic carbocycles. The molecule has 2 aromatic heterocycles. The van der Waals surface area contributed by atoms with Gasteiger partial charge in [-0.1, -0.05) is 12.1 Å². The number of benzene rings is 1. The van der Waals surface area contributed by atoms with Crippen LogP contribution in [-0.2, 0) is 0 Å². The van der Waals surface area contributed by atoms with Gasteiger partial charge in [0, 0.05) is 6.07 Å². The molecule has 0 unspecified atom stereocenters. The van der Waals surface area contributed by atoms with Gasteiger partial charge in [-0.3, -0.25) is 10.1 Å². The molecule has 0 fully saturated rings. The van der Waals surface area contributed by atoms with Crippen molar-refractivity contribution in [1.29, 1.82) is 0 Å². The zero-order valence-electron chi connectivity index (χ0n) is 9.91. The summed E-state index contributed by atoms with van der Waals surface area (Å²) in [4.78, 5) is 28.2. The van der Waals surface area contributed by atoms with Gasteiger partial charge in [-0.2, -0.15) is 0 Å². The van der Waals surface area contributed by atoms with Gasteiger partial charge in [-0.05, 0) is 12.1 Å². The van der Waals surface area contributed by atoms with Gasteiger partial charge in [0.25, 0.3) is 5.69 Å². The molecule has 0 spiro atoms. The number of hydrogen-bond acceptors (Lipinski definition) is 4. The first kappa shape index (κ1) is 12.0. The molecule has 0 atom stereocenters. The fourth-order valence-corrected chi connectivity index (χ4v) is 1.94. The molecule has 0 amide bonds. The average Bonchev–Trinajstić information content (AvgIpc) is 2.74. The molecule has 7 nitrogen and oxygen atoms in total. The third kappa shape index (κ3) is 1.74. The molecule has 2 heterocycles. The number of halogens is 1. The summed E-state index contributed by atoms with van der Waals surface area (Å²) in [6, 6.07) is 6.90. The van der Waals surface area contributed by atoms with E-state index in [4.69, 9.17) is 0 Å². The second kappa shape index (κ2) is 4.26. The first-order valence-electron chi connectivity index (χ1n) is 5.58. The zero-order valence-corrected chi connectivity index (χ0v) is 9.91. The fourth-order valence-electron chi connectivity index (χ4n) is 1.94. The molecule has 20 heavy (non-hydrogen) atoms. The molecule has 0 aliphatic heterocycles. The third-order valence-corrected chi connectivity index (χ3v) is 2.81. The van der Waals surface area contributed by atoms with E-state index in [-0.39, 0.29) is 22.5 Å². The molecular formula is C12H7FN4O3. The minimum atomic E-state index is -0.620. The SMILES string of the molecule is O=c1[nH]c2cc([N+](=O)[O-])cnc2n1-c1ccccc1F. The lowest BCUT2D eigenvalue weighted by Crippen LogP contribution is -2.16. The van der Waals surface area contributed by atoms with E-state index in [9.17, 15) is 19.3 Å². The van der Waals surface area contributed by atoms with Crippen LogP contribution in [0.1, 0.15) is 0 Å². The molecule has 100 valence electrons. The molecule has 8 heteroatoms. The van der Waals surface area contributed by atoms with Crippen molar-refractivity contribution in [2.45, 2.75) is 0 Å². The maximum atomic E-state index is 13.8. The largest absolute Gasteiger partial charge is 0.332 e. The van der Waals surface area contributed by atoms with Crippen molar-refractivity contribution in [3.8, 4) is 5.69 Å². The molecule has 3 aromatic rings. The Kier molecular flexibility index (Phi) is 2.56. The van der Waals surface area contributed by atoms with E-state index in [0.29, 0.717) is 0 Å². The Labute approximate surface area is 110 Å². The Morgan fingerprint density at radius 2 is 2.10 bits per heavy atom. The number of pyridine rings is 1. The molecule has 0 saturated carbocycles. The fraction of sp³-hybridized carbons (Fsp3) is 0. The predicted molar refractivity (Wildman–Crippen MR) is 68.3 cm³/mol. The van der Waals surface area contributed by atoms with Gasteiger partial charge in [0.15, 0.2) is 5.65 Å². The number of imidazole rings is 1. The zero-order chi connectivity index (χ0) is 14.3. The van der Waals surface area contributed by atoms with Crippen molar-refractivity contribution in [1.82, 2.24) is 14.5 Å². The summed E-state index contributed by atoms with van der Waals surface area (Å²) < 4.78 is 14.8. The molecule has 1 N–H and O–H groups in total. The van der Waals surface area contributed by atoms with Crippen LogP contribution in [0.4, 0.5) is 10.1 Å². The van der Waals surface area contributed by atoms with Crippen molar-refractivity contribution >= 4 is 16.9 Å². The maximum absolute atomic E-state index is 13.8. The quantitative estimate of drug-likeness (QED) is 0.569. The van der Waals surface area contributed by atoms with Gasteiger partial charge in [-0.25, -0.2) is 18.7 Å². The molecule has 1 aromatic carbocycles. The summed E-state index contributed by atoms with van der Waals surface area (Å²) in [6.07, 6.45) is 1.02. The van der Waals surface area contributed by atoms with Crippen molar-refractivity contribution in [2.24, 2.45) is 0 Å². The number of nitrogens with one attached hydrogen (secondary N) is 1. The minimum Gasteiger partial charge on any atom is -0.304 e. The summed E-state index contributed by atoms with van der Waals surface area (Å²) in [7, 11) is 0. The van der Waals surface area contributed by atoms with Crippen LogP contribution in [0, 0.1) is 15.9 Å². The van der Waals surface area contributed by atoms with Gasteiger partial charge >= 0.3 is 5.69 Å². The van der Waals surface area contributed by atoms with E-state index in [0.717, 1.165) is 10.8 Å². The number of nitro groups is 1. The maximum Gasteiger partial charge on any atom is 0.332 e. The van der Waals surface area contributed by atoms with E-state index in [1.54, 1.807) is 6.07 Å². The van der Waals surface area contributed by atoms with Crippen LogP contribution in [-0.4, -0.2) is 19.5 Å². The summed E-state index contributed by atoms with van der Waals surface area (Å²) in [6.45, 7) is 0. The van der Waals surface area contributed by atoms with Crippen molar-refractivity contribution in [3.63, 3.8) is 0 Å². The van der Waals surface area contributed by atoms with Gasteiger partial charge in [0.05, 0.1) is 16.1 Å². The van der Waals surface area contributed by atoms with Crippen LogP contribution >= 0.6 is 0 Å². The molecule has 0 bridgehead atoms. The second-order valence-electron chi connectivity index (χ2n) is 4.04. The molecule has 0 saturated heterocycles. The Hall–Kier alpha value is -3.03. The van der Waals surface area contributed by atoms with Gasteiger partial charge in [0.2, 0.25) is 0 Å². The first-order valence-corrected chi connectivity index (χ1v) is 5.58. The highest BCUT2D eigenvalue weighted by Crippen LogP contribution is 2.19. The number of aromatic nitrogens is 3. The second-order valence-corrected chi connectivity index (χ2v) is 4.04. The van der Waals surface area contributed by atoms with Crippen molar-refractivity contribution in [2.75, 3.05) is 0 Å². The Balaban J connectivity index is 2.33. The van der Waals surface area contributed by atoms with Crippen LogP contribution in [0.25, 0.3) is 16.9 Å². The Morgan fingerprint density at radius 3 is 2.80 bits per heavy atom. The summed E-state index contributed by atoms with van der Waals surface area (Å²) >= 11 is 0. The number of H-pyrrole nitrogens is 1. The Morgan fingerprint density at radius 1 is 1.35 bits per heavy atom. The van der Waals surface area contributed by atoms with Crippen LogP contribution in [0.3, 0.4) is 0 Å². The number of nitrogens with zero attached hydrogens (tertiary/aromatic N) is 3. The highest BCUT2D eigenvalue weighted by atomic mass is 19.1. The first-order chi connectivity index (χ1) is 9.58. The smallest absolute Gasteiger partial charge is 0.304 e. The van der Waals surface area contributed by atoms with Gasteiger partial charge < -0.3 is 4.98 Å². The standard InChI is InChI=1S/C12H7FN4O3/c13-8-3-1-2-4-10(8)16-11-9(15-12(16)18)5-7(6-14-11)17(19)20/h1-6H,(H,15,18). The summed E-state index contributed by atoms with van der Waals surface area (Å²) in [5, 5.41) is 10.7. The van der Waals surface area contributed by atoms with Gasteiger partial charge in [-0.15, -0.1) is 0 Å². The van der Waals surface area contributed by atoms with E-state index in [1.807, 2.05) is 0 Å². The molecule has 3 rings (SSSR count). The lowest BCUT2D eigenvalue weighted by atomic mass is 10.3.